The van der Waals surface area contributed by atoms with Gasteiger partial charge in [0.15, 0.2) is 11.6 Å². The van der Waals surface area contributed by atoms with Crippen molar-refractivity contribution in [1.29, 1.82) is 0 Å². The number of carbonyl (C=O) groups is 1. The minimum Gasteiger partial charge on any atom is -0.324 e. The van der Waals surface area contributed by atoms with Gasteiger partial charge in [-0.15, -0.1) is 0 Å². The molecule has 2 amide bonds. The first kappa shape index (κ1) is 18.7. The Balaban J connectivity index is 1.28. The number of hydrogen-bond acceptors (Lipinski definition) is 2. The molecule has 1 aliphatic carbocycles. The lowest BCUT2D eigenvalue weighted by molar-refractivity contribution is 0.211. The standard InChI is InChI=1S/C21H29F2N3O/c22-19-6-5-18(11-20(19)23)24-21(27)26-13-16-7-9-25(10-8-17(16)14-26)12-15-3-1-2-4-15/h5-6,11,15-17H,1-4,7-10,12-14H2,(H,24,27)/t16-,17+. The molecule has 0 bridgehead atoms. The summed E-state index contributed by atoms with van der Waals surface area (Å²) in [6.07, 6.45) is 7.86. The number of nitrogens with zero attached hydrogens (tertiary/aromatic N) is 2. The highest BCUT2D eigenvalue weighted by Crippen LogP contribution is 2.33. The fourth-order valence-electron chi connectivity index (χ4n) is 5.08. The summed E-state index contributed by atoms with van der Waals surface area (Å²) >= 11 is 0. The molecule has 2 heterocycles. The topological polar surface area (TPSA) is 35.6 Å². The number of anilines is 1. The zero-order valence-electron chi connectivity index (χ0n) is 15.8. The van der Waals surface area contributed by atoms with Crippen LogP contribution in [0.1, 0.15) is 38.5 Å². The van der Waals surface area contributed by atoms with E-state index >= 15 is 0 Å². The second-order valence-corrected chi connectivity index (χ2v) is 8.51. The van der Waals surface area contributed by atoms with Crippen LogP contribution in [-0.4, -0.2) is 48.6 Å². The molecule has 0 spiro atoms. The molecule has 1 saturated carbocycles. The van der Waals surface area contributed by atoms with Gasteiger partial charge in [-0.2, -0.15) is 0 Å². The molecule has 0 radical (unpaired) electrons. The van der Waals surface area contributed by atoms with Crippen LogP contribution >= 0.6 is 0 Å². The van der Waals surface area contributed by atoms with E-state index in [4.69, 9.17) is 0 Å². The molecule has 27 heavy (non-hydrogen) atoms. The van der Waals surface area contributed by atoms with Crippen molar-refractivity contribution in [3.8, 4) is 0 Å². The number of rotatable bonds is 3. The van der Waals surface area contributed by atoms with Gasteiger partial charge in [-0.3, -0.25) is 0 Å². The van der Waals surface area contributed by atoms with E-state index in [1.165, 1.54) is 38.3 Å². The maximum absolute atomic E-state index is 13.3. The lowest BCUT2D eigenvalue weighted by Crippen LogP contribution is -2.35. The molecular formula is C21H29F2N3O. The minimum atomic E-state index is -0.943. The van der Waals surface area contributed by atoms with Gasteiger partial charge in [-0.05, 0) is 68.7 Å². The first-order valence-electron chi connectivity index (χ1n) is 10.3. The summed E-state index contributed by atoms with van der Waals surface area (Å²) in [6.45, 7) is 5.04. The summed E-state index contributed by atoms with van der Waals surface area (Å²) in [7, 11) is 0. The molecule has 1 N–H and O–H groups in total. The van der Waals surface area contributed by atoms with Gasteiger partial charge >= 0.3 is 6.03 Å². The van der Waals surface area contributed by atoms with Gasteiger partial charge in [0.05, 0.1) is 0 Å². The molecule has 2 saturated heterocycles. The minimum absolute atomic E-state index is 0.211. The number of halogens is 2. The number of hydrogen-bond donors (Lipinski definition) is 1. The van der Waals surface area contributed by atoms with E-state index in [2.05, 4.69) is 10.2 Å². The molecule has 1 aromatic carbocycles. The molecule has 4 nitrogen and oxygen atoms in total. The van der Waals surface area contributed by atoms with Crippen LogP contribution in [0.2, 0.25) is 0 Å². The first-order chi connectivity index (χ1) is 13.1. The van der Waals surface area contributed by atoms with Gasteiger partial charge in [0.2, 0.25) is 0 Å². The molecule has 1 aromatic rings. The Kier molecular flexibility index (Phi) is 5.62. The third-order valence-corrected chi connectivity index (χ3v) is 6.66. The summed E-state index contributed by atoms with van der Waals surface area (Å²) in [5.74, 6) is 0.144. The molecular weight excluding hydrogens is 348 g/mol. The fourth-order valence-corrected chi connectivity index (χ4v) is 5.08. The van der Waals surface area contributed by atoms with Crippen molar-refractivity contribution in [2.45, 2.75) is 38.5 Å². The predicted octanol–water partition coefficient (Wildman–Crippen LogP) is 4.33. The molecule has 0 unspecified atom stereocenters. The van der Waals surface area contributed by atoms with Crippen LogP contribution in [-0.2, 0) is 0 Å². The Morgan fingerprint density at radius 3 is 2.30 bits per heavy atom. The Hall–Kier alpha value is -1.69. The van der Waals surface area contributed by atoms with Crippen LogP contribution < -0.4 is 5.32 Å². The third-order valence-electron chi connectivity index (χ3n) is 6.66. The smallest absolute Gasteiger partial charge is 0.321 e. The average molecular weight is 377 g/mol. The van der Waals surface area contributed by atoms with Crippen molar-refractivity contribution < 1.29 is 13.6 Å². The van der Waals surface area contributed by atoms with Crippen molar-refractivity contribution >= 4 is 11.7 Å². The molecule has 2 aliphatic heterocycles. The van der Waals surface area contributed by atoms with E-state index in [0.717, 1.165) is 57.1 Å². The van der Waals surface area contributed by atoms with E-state index in [1.807, 2.05) is 4.90 Å². The van der Waals surface area contributed by atoms with E-state index in [0.29, 0.717) is 17.5 Å². The number of fused-ring (bicyclic) bond motifs is 1. The Morgan fingerprint density at radius 2 is 1.67 bits per heavy atom. The second-order valence-electron chi connectivity index (χ2n) is 8.51. The van der Waals surface area contributed by atoms with Crippen molar-refractivity contribution in [2.24, 2.45) is 17.8 Å². The van der Waals surface area contributed by atoms with E-state index in [-0.39, 0.29) is 6.03 Å². The molecule has 6 heteroatoms. The van der Waals surface area contributed by atoms with Crippen LogP contribution in [0.5, 0.6) is 0 Å². The highest BCUT2D eigenvalue weighted by Gasteiger charge is 2.37. The molecule has 148 valence electrons. The zero-order valence-corrected chi connectivity index (χ0v) is 15.8. The van der Waals surface area contributed by atoms with Crippen LogP contribution in [0.25, 0.3) is 0 Å². The van der Waals surface area contributed by atoms with Gasteiger partial charge < -0.3 is 15.1 Å². The summed E-state index contributed by atoms with van der Waals surface area (Å²) in [5.41, 5.74) is 0.300. The zero-order chi connectivity index (χ0) is 18.8. The normalized spacial score (nSPS) is 26.8. The molecule has 2 atom stereocenters. The number of nitrogens with one attached hydrogen (secondary N) is 1. The maximum atomic E-state index is 13.3. The second kappa shape index (κ2) is 8.13. The quantitative estimate of drug-likeness (QED) is 0.851. The summed E-state index contributed by atoms with van der Waals surface area (Å²) in [5, 5.41) is 2.70. The van der Waals surface area contributed by atoms with Crippen LogP contribution in [0.15, 0.2) is 18.2 Å². The average Bonchev–Trinajstić information content (AvgIpc) is 3.26. The van der Waals surface area contributed by atoms with Crippen molar-refractivity contribution in [3.05, 3.63) is 29.8 Å². The monoisotopic (exact) mass is 377 g/mol. The Bertz CT molecular complexity index is 661. The largest absolute Gasteiger partial charge is 0.324 e. The number of likely N-dealkylation sites (tertiary alicyclic amines) is 2. The fraction of sp³-hybridized carbons (Fsp3) is 0.667. The number of benzene rings is 1. The van der Waals surface area contributed by atoms with E-state index in [1.54, 1.807) is 0 Å². The lowest BCUT2D eigenvalue weighted by Gasteiger charge is -2.24. The first-order valence-corrected chi connectivity index (χ1v) is 10.3. The maximum Gasteiger partial charge on any atom is 0.321 e. The van der Waals surface area contributed by atoms with Gasteiger partial charge in [-0.25, -0.2) is 13.6 Å². The highest BCUT2D eigenvalue weighted by molar-refractivity contribution is 5.89. The summed E-state index contributed by atoms with van der Waals surface area (Å²) in [4.78, 5) is 17.0. The Labute approximate surface area is 159 Å². The van der Waals surface area contributed by atoms with Crippen molar-refractivity contribution in [2.75, 3.05) is 38.0 Å². The number of urea groups is 1. The van der Waals surface area contributed by atoms with E-state index in [9.17, 15) is 13.6 Å². The number of carbonyl (C=O) groups excluding carboxylic acids is 1. The van der Waals surface area contributed by atoms with Crippen LogP contribution in [0, 0.1) is 29.4 Å². The summed E-state index contributed by atoms with van der Waals surface area (Å²) < 4.78 is 26.4. The Morgan fingerprint density at radius 1 is 1.00 bits per heavy atom. The summed E-state index contributed by atoms with van der Waals surface area (Å²) in [6, 6.07) is 3.25. The van der Waals surface area contributed by atoms with Gasteiger partial charge in [0, 0.05) is 31.4 Å². The molecule has 0 aromatic heterocycles. The van der Waals surface area contributed by atoms with Crippen molar-refractivity contribution in [3.63, 3.8) is 0 Å². The van der Waals surface area contributed by atoms with Gasteiger partial charge in [-0.1, -0.05) is 12.8 Å². The highest BCUT2D eigenvalue weighted by atomic mass is 19.2. The molecule has 3 fully saturated rings. The SMILES string of the molecule is O=C(Nc1ccc(F)c(F)c1)N1C[C@H]2CCN(CC3CCCC3)CC[C@H]2C1. The number of amides is 2. The molecule has 3 aliphatic rings. The van der Waals surface area contributed by atoms with Gasteiger partial charge in [0.25, 0.3) is 0 Å². The van der Waals surface area contributed by atoms with Gasteiger partial charge in [0.1, 0.15) is 0 Å². The van der Waals surface area contributed by atoms with E-state index < -0.39 is 11.6 Å². The van der Waals surface area contributed by atoms with Crippen LogP contribution in [0.4, 0.5) is 19.3 Å². The van der Waals surface area contributed by atoms with Crippen LogP contribution in [0.3, 0.4) is 0 Å². The lowest BCUT2D eigenvalue weighted by atomic mass is 9.92. The third kappa shape index (κ3) is 4.42. The van der Waals surface area contributed by atoms with Crippen molar-refractivity contribution in [1.82, 2.24) is 9.80 Å². The predicted molar refractivity (Wildman–Crippen MR) is 102 cm³/mol. The molecule has 4 rings (SSSR count).